The standard InChI is InChI=1S/C8H14O/c1-7-3-5-8(7)4-2-6-9-8/h7H,2-6H2,1H3. The molecule has 0 N–H and O–H groups in total. The zero-order chi connectivity index (χ0) is 6.32. The highest BCUT2D eigenvalue weighted by Crippen LogP contribution is 2.47. The largest absolute Gasteiger partial charge is 0.375 e. The molecule has 1 saturated heterocycles. The van der Waals surface area contributed by atoms with E-state index in [-0.39, 0.29) is 0 Å². The Morgan fingerprint density at radius 1 is 1.44 bits per heavy atom. The Balaban J connectivity index is 2.06. The number of hydrogen-bond donors (Lipinski definition) is 0. The van der Waals surface area contributed by atoms with Gasteiger partial charge in [0.15, 0.2) is 0 Å². The van der Waals surface area contributed by atoms with E-state index in [0.29, 0.717) is 5.60 Å². The maximum Gasteiger partial charge on any atom is 0.0708 e. The van der Waals surface area contributed by atoms with Gasteiger partial charge in [-0.25, -0.2) is 0 Å². The number of hydrogen-bond acceptors (Lipinski definition) is 1. The van der Waals surface area contributed by atoms with Gasteiger partial charge in [-0.05, 0) is 31.6 Å². The topological polar surface area (TPSA) is 9.23 Å². The van der Waals surface area contributed by atoms with Gasteiger partial charge < -0.3 is 4.74 Å². The predicted octanol–water partition coefficient (Wildman–Crippen LogP) is 1.97. The van der Waals surface area contributed by atoms with Crippen molar-refractivity contribution in [3.8, 4) is 0 Å². The lowest BCUT2D eigenvalue weighted by Gasteiger charge is -2.44. The molecule has 1 heterocycles. The summed E-state index contributed by atoms with van der Waals surface area (Å²) in [5.41, 5.74) is 0.375. The molecule has 1 saturated carbocycles. The van der Waals surface area contributed by atoms with Gasteiger partial charge in [0.05, 0.1) is 5.60 Å². The van der Waals surface area contributed by atoms with Crippen LogP contribution in [0.2, 0.25) is 0 Å². The fraction of sp³-hybridized carbons (Fsp3) is 1.00. The minimum atomic E-state index is 0.375. The van der Waals surface area contributed by atoms with Crippen LogP contribution in [-0.2, 0) is 4.74 Å². The first kappa shape index (κ1) is 5.72. The van der Waals surface area contributed by atoms with Gasteiger partial charge in [-0.15, -0.1) is 0 Å². The zero-order valence-electron chi connectivity index (χ0n) is 6.02. The second kappa shape index (κ2) is 1.72. The first-order valence-corrected chi connectivity index (χ1v) is 3.97. The van der Waals surface area contributed by atoms with E-state index in [1.165, 1.54) is 25.7 Å². The second-order valence-corrected chi connectivity index (χ2v) is 3.46. The van der Waals surface area contributed by atoms with E-state index in [9.17, 15) is 0 Å². The molecule has 0 aromatic rings. The quantitative estimate of drug-likeness (QED) is 0.482. The highest BCUT2D eigenvalue weighted by molar-refractivity contribution is 4.97. The Morgan fingerprint density at radius 3 is 2.56 bits per heavy atom. The van der Waals surface area contributed by atoms with Crippen LogP contribution in [0, 0.1) is 5.92 Å². The first-order chi connectivity index (χ1) is 4.33. The van der Waals surface area contributed by atoms with Gasteiger partial charge in [0.2, 0.25) is 0 Å². The van der Waals surface area contributed by atoms with Crippen LogP contribution in [0.4, 0.5) is 0 Å². The summed E-state index contributed by atoms with van der Waals surface area (Å²) in [5.74, 6) is 0.847. The molecule has 2 rings (SSSR count). The summed E-state index contributed by atoms with van der Waals surface area (Å²) >= 11 is 0. The fourth-order valence-corrected chi connectivity index (χ4v) is 2.06. The van der Waals surface area contributed by atoms with Crippen LogP contribution >= 0.6 is 0 Å². The molecule has 2 fully saturated rings. The lowest BCUT2D eigenvalue weighted by Crippen LogP contribution is -2.44. The molecule has 1 aliphatic carbocycles. The minimum Gasteiger partial charge on any atom is -0.375 e. The Hall–Kier alpha value is -0.0400. The summed E-state index contributed by atoms with van der Waals surface area (Å²) in [6, 6.07) is 0. The fourth-order valence-electron chi connectivity index (χ4n) is 2.06. The molecule has 0 amide bonds. The van der Waals surface area contributed by atoms with E-state index in [1.54, 1.807) is 0 Å². The van der Waals surface area contributed by atoms with Crippen LogP contribution in [0.15, 0.2) is 0 Å². The monoisotopic (exact) mass is 126 g/mol. The molecule has 0 aromatic carbocycles. The van der Waals surface area contributed by atoms with Crippen molar-refractivity contribution < 1.29 is 4.74 Å². The van der Waals surface area contributed by atoms with E-state index >= 15 is 0 Å². The van der Waals surface area contributed by atoms with Crippen LogP contribution in [-0.4, -0.2) is 12.2 Å². The summed E-state index contributed by atoms with van der Waals surface area (Å²) in [6.45, 7) is 3.33. The third-order valence-corrected chi connectivity index (χ3v) is 3.03. The number of ether oxygens (including phenoxy) is 1. The van der Waals surface area contributed by atoms with Gasteiger partial charge in [0, 0.05) is 6.61 Å². The Morgan fingerprint density at radius 2 is 2.33 bits per heavy atom. The Labute approximate surface area is 56.4 Å². The maximum absolute atomic E-state index is 5.69. The van der Waals surface area contributed by atoms with E-state index in [1.807, 2.05) is 0 Å². The molecule has 1 aliphatic heterocycles. The summed E-state index contributed by atoms with van der Waals surface area (Å²) < 4.78 is 5.69. The molecule has 1 heteroatoms. The van der Waals surface area contributed by atoms with Crippen LogP contribution in [0.25, 0.3) is 0 Å². The lowest BCUT2D eigenvalue weighted by molar-refractivity contribution is -0.102. The SMILES string of the molecule is CC1CCC12CCCO2. The van der Waals surface area contributed by atoms with Crippen molar-refractivity contribution in [2.75, 3.05) is 6.61 Å². The molecule has 2 atom stereocenters. The van der Waals surface area contributed by atoms with Gasteiger partial charge in [-0.3, -0.25) is 0 Å². The van der Waals surface area contributed by atoms with Crippen LogP contribution in [0.3, 0.4) is 0 Å². The minimum absolute atomic E-state index is 0.375. The van der Waals surface area contributed by atoms with Crippen LogP contribution in [0.1, 0.15) is 32.6 Å². The van der Waals surface area contributed by atoms with Gasteiger partial charge >= 0.3 is 0 Å². The molecule has 2 aliphatic rings. The molecule has 0 bridgehead atoms. The lowest BCUT2D eigenvalue weighted by atomic mass is 9.69. The summed E-state index contributed by atoms with van der Waals surface area (Å²) in [7, 11) is 0. The molecule has 9 heavy (non-hydrogen) atoms. The van der Waals surface area contributed by atoms with Gasteiger partial charge in [-0.1, -0.05) is 6.92 Å². The molecule has 2 unspecified atom stereocenters. The molecular weight excluding hydrogens is 112 g/mol. The third kappa shape index (κ3) is 0.644. The normalized spacial score (nSPS) is 49.7. The summed E-state index contributed by atoms with van der Waals surface area (Å²) in [4.78, 5) is 0. The van der Waals surface area contributed by atoms with Crippen molar-refractivity contribution in [3.63, 3.8) is 0 Å². The molecule has 52 valence electrons. The van der Waals surface area contributed by atoms with E-state index < -0.39 is 0 Å². The average Bonchev–Trinajstić information content (AvgIpc) is 2.34. The summed E-state index contributed by atoms with van der Waals surface area (Å²) in [6.07, 6.45) is 5.34. The molecule has 0 aromatic heterocycles. The van der Waals surface area contributed by atoms with Crippen molar-refractivity contribution in [2.24, 2.45) is 5.92 Å². The van der Waals surface area contributed by atoms with E-state index in [0.717, 1.165) is 12.5 Å². The van der Waals surface area contributed by atoms with Crippen molar-refractivity contribution in [2.45, 2.75) is 38.2 Å². The van der Waals surface area contributed by atoms with Crippen molar-refractivity contribution in [3.05, 3.63) is 0 Å². The third-order valence-electron chi connectivity index (χ3n) is 3.03. The predicted molar refractivity (Wildman–Crippen MR) is 36.3 cm³/mol. The summed E-state index contributed by atoms with van der Waals surface area (Å²) in [5, 5.41) is 0. The molecule has 0 radical (unpaired) electrons. The van der Waals surface area contributed by atoms with Gasteiger partial charge in [-0.2, -0.15) is 0 Å². The number of rotatable bonds is 0. The Kier molecular flexibility index (Phi) is 1.10. The van der Waals surface area contributed by atoms with Crippen molar-refractivity contribution in [1.29, 1.82) is 0 Å². The zero-order valence-corrected chi connectivity index (χ0v) is 6.02. The highest BCUT2D eigenvalue weighted by Gasteiger charge is 2.46. The van der Waals surface area contributed by atoms with E-state index in [4.69, 9.17) is 4.74 Å². The molecular formula is C8H14O. The van der Waals surface area contributed by atoms with Crippen molar-refractivity contribution in [1.82, 2.24) is 0 Å². The van der Waals surface area contributed by atoms with E-state index in [2.05, 4.69) is 6.92 Å². The van der Waals surface area contributed by atoms with Crippen molar-refractivity contribution >= 4 is 0 Å². The molecule has 1 nitrogen and oxygen atoms in total. The second-order valence-electron chi connectivity index (χ2n) is 3.46. The Bertz CT molecular complexity index is 114. The van der Waals surface area contributed by atoms with Crippen LogP contribution < -0.4 is 0 Å². The van der Waals surface area contributed by atoms with Crippen LogP contribution in [0.5, 0.6) is 0 Å². The first-order valence-electron chi connectivity index (χ1n) is 3.97. The highest BCUT2D eigenvalue weighted by atomic mass is 16.5. The molecule has 1 spiro atoms. The average molecular weight is 126 g/mol. The van der Waals surface area contributed by atoms with Gasteiger partial charge in [0.25, 0.3) is 0 Å². The smallest absolute Gasteiger partial charge is 0.0708 e. The maximum atomic E-state index is 5.69. The van der Waals surface area contributed by atoms with Gasteiger partial charge in [0.1, 0.15) is 0 Å².